The molecular formula is C29H30INO12. The van der Waals surface area contributed by atoms with E-state index in [0.29, 0.717) is 0 Å². The molecule has 2 aromatic rings. The van der Waals surface area contributed by atoms with Gasteiger partial charge in [-0.1, -0.05) is 34.7 Å². The average Bonchev–Trinajstić information content (AvgIpc) is 2.98. The molecule has 1 aliphatic heterocycles. The van der Waals surface area contributed by atoms with Gasteiger partial charge in [-0.15, -0.1) is 0 Å². The molecule has 14 heteroatoms. The molecule has 1 saturated heterocycles. The molecule has 3 aliphatic rings. The number of ketones is 3. The summed E-state index contributed by atoms with van der Waals surface area (Å²) in [4.78, 5) is 52.1. The largest absolute Gasteiger partial charge is 0.507 e. The van der Waals surface area contributed by atoms with E-state index in [2.05, 4.69) is 5.32 Å². The van der Waals surface area contributed by atoms with Crippen molar-refractivity contribution < 1.29 is 58.9 Å². The molecule has 0 radical (unpaired) electrons. The van der Waals surface area contributed by atoms with Gasteiger partial charge >= 0.3 is 0 Å². The first kappa shape index (κ1) is 31.3. The molecule has 2 aliphatic carbocycles. The van der Waals surface area contributed by atoms with Gasteiger partial charge in [0, 0.05) is 36.0 Å². The Morgan fingerprint density at radius 2 is 1.84 bits per heavy atom. The van der Waals surface area contributed by atoms with Crippen molar-refractivity contribution in [1.29, 1.82) is 0 Å². The second kappa shape index (κ2) is 11.7. The number of nitrogens with one attached hydrogen (secondary N) is 1. The van der Waals surface area contributed by atoms with Crippen molar-refractivity contribution >= 4 is 45.8 Å². The number of phenols is 2. The number of amides is 1. The zero-order valence-electron chi connectivity index (χ0n) is 23.1. The van der Waals surface area contributed by atoms with Crippen LogP contribution in [0.3, 0.4) is 0 Å². The minimum absolute atomic E-state index is 0.0637. The minimum atomic E-state index is -2.29. The van der Waals surface area contributed by atoms with E-state index in [-0.39, 0.29) is 44.8 Å². The van der Waals surface area contributed by atoms with Crippen LogP contribution in [0.15, 0.2) is 18.2 Å². The van der Waals surface area contributed by atoms with Crippen molar-refractivity contribution in [2.45, 2.75) is 62.4 Å². The normalized spacial score (nSPS) is 28.0. The Morgan fingerprint density at radius 1 is 1.14 bits per heavy atom. The number of phenolic OH excluding ortho intramolecular Hbond substituents is 2. The summed E-state index contributed by atoms with van der Waals surface area (Å²) in [6, 6.07) is 3.55. The lowest BCUT2D eigenvalue weighted by Crippen LogP contribution is -2.56. The first-order chi connectivity index (χ1) is 20.4. The summed E-state index contributed by atoms with van der Waals surface area (Å²) < 4.78 is 17.3. The lowest BCUT2D eigenvalue weighted by Gasteiger charge is -2.42. The summed E-state index contributed by atoms with van der Waals surface area (Å²) in [5.41, 5.74) is -3.84. The van der Waals surface area contributed by atoms with E-state index < -0.39 is 95.7 Å². The fourth-order valence-corrected chi connectivity index (χ4v) is 6.32. The van der Waals surface area contributed by atoms with E-state index >= 15 is 0 Å². The lowest BCUT2D eigenvalue weighted by atomic mass is 9.72. The maximum Gasteiger partial charge on any atom is 0.230 e. The van der Waals surface area contributed by atoms with Gasteiger partial charge in [0.15, 0.2) is 17.9 Å². The molecule has 5 rings (SSSR count). The first-order valence-electron chi connectivity index (χ1n) is 13.4. The number of aromatic hydroxyl groups is 2. The van der Waals surface area contributed by atoms with E-state index in [9.17, 15) is 44.7 Å². The molecule has 6 atom stereocenters. The van der Waals surface area contributed by atoms with Crippen molar-refractivity contribution in [3.05, 3.63) is 51.6 Å². The van der Waals surface area contributed by atoms with Crippen molar-refractivity contribution in [3.8, 4) is 17.2 Å². The molecule has 0 bridgehead atoms. The molecule has 230 valence electrons. The van der Waals surface area contributed by atoms with Crippen LogP contribution in [0.25, 0.3) is 0 Å². The van der Waals surface area contributed by atoms with E-state index in [0.717, 1.165) is 0 Å². The second-order valence-electron chi connectivity index (χ2n) is 10.8. The predicted octanol–water partition coefficient (Wildman–Crippen LogP) is 0.594. The summed E-state index contributed by atoms with van der Waals surface area (Å²) in [7, 11) is 1.31. The van der Waals surface area contributed by atoms with Gasteiger partial charge in [-0.3, -0.25) is 19.2 Å². The molecule has 6 unspecified atom stereocenters. The third kappa shape index (κ3) is 5.19. The van der Waals surface area contributed by atoms with Crippen LogP contribution in [0.4, 0.5) is 0 Å². The Bertz CT molecular complexity index is 1530. The van der Waals surface area contributed by atoms with Crippen LogP contribution in [0, 0.1) is 0 Å². The van der Waals surface area contributed by atoms with Gasteiger partial charge in [0.1, 0.15) is 35.6 Å². The monoisotopic (exact) mass is 711 g/mol. The molecular weight excluding hydrogens is 681 g/mol. The number of methoxy groups -OCH3 is 1. The van der Waals surface area contributed by atoms with Crippen LogP contribution < -0.4 is 10.1 Å². The van der Waals surface area contributed by atoms with Gasteiger partial charge in [-0.2, -0.15) is 0 Å². The number of benzene rings is 2. The summed E-state index contributed by atoms with van der Waals surface area (Å²) in [6.45, 7) is 0.507. The smallest absolute Gasteiger partial charge is 0.230 e. The SMILES string of the molecule is COc1cccc2c1C(=O)c1c(O)c3c(c(O)c1C2=O)CC(O)(C(=O)CO)CC3OC1CC(NC(=O)CI)C(O)C(C)O1. The molecule has 43 heavy (non-hydrogen) atoms. The fraction of sp³-hybridized carbons (Fsp3) is 0.448. The lowest BCUT2D eigenvalue weighted by molar-refractivity contribution is -0.249. The number of rotatable bonds is 7. The van der Waals surface area contributed by atoms with Gasteiger partial charge in [0.2, 0.25) is 11.7 Å². The highest BCUT2D eigenvalue weighted by atomic mass is 127. The number of alkyl halides is 1. The Labute approximate surface area is 258 Å². The van der Waals surface area contributed by atoms with Crippen LogP contribution in [-0.2, 0) is 25.5 Å². The van der Waals surface area contributed by atoms with Crippen LogP contribution in [0.5, 0.6) is 17.2 Å². The number of halogens is 1. The number of hydrogen-bond donors (Lipinski definition) is 6. The molecule has 13 nitrogen and oxygen atoms in total. The van der Waals surface area contributed by atoms with E-state index in [4.69, 9.17) is 14.2 Å². The van der Waals surface area contributed by atoms with Crippen LogP contribution in [0.1, 0.15) is 68.8 Å². The quantitative estimate of drug-likeness (QED) is 0.113. The molecule has 0 saturated carbocycles. The maximum atomic E-state index is 13.7. The minimum Gasteiger partial charge on any atom is -0.507 e. The Balaban J connectivity index is 1.63. The van der Waals surface area contributed by atoms with Gasteiger partial charge in [-0.05, 0) is 13.0 Å². The number of ether oxygens (including phenoxy) is 3. The highest BCUT2D eigenvalue weighted by Gasteiger charge is 2.50. The number of Topliss-reactive ketones (excluding diaryl/α,β-unsaturated/α-hetero) is 1. The van der Waals surface area contributed by atoms with Crippen LogP contribution in [0.2, 0.25) is 0 Å². The number of fused-ring (bicyclic) bond motifs is 3. The van der Waals surface area contributed by atoms with Crippen LogP contribution >= 0.6 is 22.6 Å². The van der Waals surface area contributed by atoms with Crippen molar-refractivity contribution in [2.75, 3.05) is 18.1 Å². The Kier molecular flexibility index (Phi) is 8.54. The van der Waals surface area contributed by atoms with Gasteiger partial charge in [0.05, 0.1) is 46.5 Å². The first-order valence-corrected chi connectivity index (χ1v) is 15.0. The predicted molar refractivity (Wildman–Crippen MR) is 155 cm³/mol. The topological polar surface area (TPSA) is 209 Å². The summed E-state index contributed by atoms with van der Waals surface area (Å²) in [5.74, 6) is -4.26. The van der Waals surface area contributed by atoms with Crippen molar-refractivity contribution in [3.63, 3.8) is 0 Å². The average molecular weight is 711 g/mol. The standard InChI is InChI=1S/C29H30INO12/c1-11-24(35)14(31-18(34)9-30)6-19(42-11)43-16-8-29(40,17(33)10-32)7-13-21(16)28(39)23-22(26(13)37)25(36)12-4-3-5-15(41-2)20(12)27(23)38/h3-5,11,14,16,19,24,32,35,37,39-40H,6-10H2,1-2H3,(H,31,34). The zero-order valence-corrected chi connectivity index (χ0v) is 25.3. The maximum absolute atomic E-state index is 13.7. The van der Waals surface area contributed by atoms with Gasteiger partial charge in [-0.25, -0.2) is 0 Å². The third-order valence-corrected chi connectivity index (χ3v) is 8.92. The Morgan fingerprint density at radius 3 is 2.49 bits per heavy atom. The summed E-state index contributed by atoms with van der Waals surface area (Å²) >= 11 is 1.87. The number of carbonyl (C=O) groups is 4. The second-order valence-corrected chi connectivity index (χ2v) is 11.6. The number of carbonyl (C=O) groups excluding carboxylic acids is 4. The van der Waals surface area contributed by atoms with Crippen molar-refractivity contribution in [2.24, 2.45) is 0 Å². The van der Waals surface area contributed by atoms with E-state index in [1.807, 2.05) is 22.6 Å². The highest BCUT2D eigenvalue weighted by Crippen LogP contribution is 2.52. The van der Waals surface area contributed by atoms with Gasteiger partial charge in [0.25, 0.3) is 0 Å². The van der Waals surface area contributed by atoms with Crippen molar-refractivity contribution in [1.82, 2.24) is 5.32 Å². The Hall–Kier alpha value is -3.15. The van der Waals surface area contributed by atoms with Crippen LogP contribution in [-0.4, -0.2) is 97.1 Å². The third-order valence-electron chi connectivity index (χ3n) is 8.23. The molecule has 0 aromatic heterocycles. The summed E-state index contributed by atoms with van der Waals surface area (Å²) in [5, 5.41) is 57.2. The van der Waals surface area contributed by atoms with Gasteiger partial charge < -0.3 is 45.1 Å². The molecule has 1 heterocycles. The number of aliphatic hydroxyl groups is 3. The molecule has 1 fully saturated rings. The summed E-state index contributed by atoms with van der Waals surface area (Å²) in [6.07, 6.45) is -5.65. The molecule has 1 amide bonds. The number of hydrogen-bond acceptors (Lipinski definition) is 12. The molecule has 6 N–H and O–H groups in total. The van der Waals surface area contributed by atoms with E-state index in [1.54, 1.807) is 6.92 Å². The fourth-order valence-electron chi connectivity index (χ4n) is 6.10. The molecule has 2 aromatic carbocycles. The van der Waals surface area contributed by atoms with E-state index in [1.165, 1.54) is 25.3 Å². The molecule has 0 spiro atoms. The zero-order chi connectivity index (χ0) is 31.4. The number of aliphatic hydroxyl groups excluding tert-OH is 2. The highest BCUT2D eigenvalue weighted by molar-refractivity contribution is 14.1.